The summed E-state index contributed by atoms with van der Waals surface area (Å²) in [6.45, 7) is 6.17. The molecule has 3 amide bonds. The first-order valence-corrected chi connectivity index (χ1v) is 13.5. The molecule has 1 saturated heterocycles. The van der Waals surface area contributed by atoms with E-state index in [1.807, 2.05) is 104 Å². The van der Waals surface area contributed by atoms with Crippen LogP contribution in [-0.4, -0.2) is 66.2 Å². The van der Waals surface area contributed by atoms with Crippen LogP contribution < -0.4 is 14.8 Å². The van der Waals surface area contributed by atoms with Gasteiger partial charge in [-0.2, -0.15) is 0 Å². The lowest BCUT2D eigenvalue weighted by Crippen LogP contribution is -2.51. The van der Waals surface area contributed by atoms with Gasteiger partial charge in [0, 0.05) is 43.1 Å². The number of amides is 3. The Kier molecular flexibility index (Phi) is 8.05. The van der Waals surface area contributed by atoms with E-state index in [4.69, 9.17) is 9.47 Å². The molecule has 0 saturated carbocycles. The van der Waals surface area contributed by atoms with Gasteiger partial charge in [-0.1, -0.05) is 42.5 Å². The molecule has 2 heterocycles. The Bertz CT molecular complexity index is 1490. The number of rotatable bonds is 7. The van der Waals surface area contributed by atoms with Gasteiger partial charge in [0.25, 0.3) is 5.91 Å². The molecular formula is C32H34N4O4. The van der Waals surface area contributed by atoms with Gasteiger partial charge in [0.15, 0.2) is 0 Å². The Hall–Kier alpha value is -4.72. The van der Waals surface area contributed by atoms with Crippen molar-refractivity contribution in [2.75, 3.05) is 45.2 Å². The molecule has 5 rings (SSSR count). The van der Waals surface area contributed by atoms with Crippen LogP contribution in [0.4, 0.5) is 10.5 Å². The number of aromatic nitrogens is 1. The Morgan fingerprint density at radius 1 is 0.850 bits per heavy atom. The quantitative estimate of drug-likeness (QED) is 0.320. The fourth-order valence-corrected chi connectivity index (χ4v) is 5.06. The average molecular weight is 539 g/mol. The summed E-state index contributed by atoms with van der Waals surface area (Å²) in [4.78, 5) is 30.3. The molecule has 0 spiro atoms. The molecule has 1 aromatic heterocycles. The van der Waals surface area contributed by atoms with Gasteiger partial charge in [0.1, 0.15) is 11.5 Å². The van der Waals surface area contributed by atoms with Gasteiger partial charge in [-0.3, -0.25) is 4.79 Å². The second-order valence-corrected chi connectivity index (χ2v) is 9.57. The molecule has 0 bridgehead atoms. The maximum Gasteiger partial charge on any atom is 0.322 e. The van der Waals surface area contributed by atoms with Crippen LogP contribution in [0.25, 0.3) is 16.9 Å². The standard InChI is InChI=1S/C32H34N4O4/c1-4-40-30-16-9-8-15-28(30)33-32(38)35-19-17-34(18-20-35)31(37)27-22-29(24-11-10-14-26(21-24)39-3)36(23(27)2)25-12-6-5-7-13-25/h5-16,21-22H,4,17-20H2,1-3H3,(H,33,38). The normalized spacial score (nSPS) is 13.2. The fraction of sp³-hybridized carbons (Fsp3) is 0.250. The monoisotopic (exact) mass is 538 g/mol. The van der Waals surface area contributed by atoms with Gasteiger partial charge in [0.05, 0.1) is 30.7 Å². The average Bonchev–Trinajstić information content (AvgIpc) is 3.35. The number of hydrogen-bond donors (Lipinski definition) is 1. The minimum Gasteiger partial charge on any atom is -0.497 e. The number of benzene rings is 3. The molecule has 206 valence electrons. The smallest absolute Gasteiger partial charge is 0.322 e. The molecule has 1 N–H and O–H groups in total. The van der Waals surface area contributed by atoms with Crippen molar-refractivity contribution in [1.29, 1.82) is 0 Å². The van der Waals surface area contributed by atoms with E-state index in [-0.39, 0.29) is 11.9 Å². The van der Waals surface area contributed by atoms with Crippen LogP contribution in [-0.2, 0) is 0 Å². The third-order valence-electron chi connectivity index (χ3n) is 7.14. The zero-order chi connectivity index (χ0) is 28.1. The lowest BCUT2D eigenvalue weighted by molar-refractivity contribution is 0.0671. The molecule has 0 radical (unpaired) electrons. The number of carbonyl (C=O) groups excluding carboxylic acids is 2. The summed E-state index contributed by atoms with van der Waals surface area (Å²) in [5.74, 6) is 1.35. The van der Waals surface area contributed by atoms with Crippen molar-refractivity contribution in [3.8, 4) is 28.4 Å². The minimum atomic E-state index is -0.203. The fourth-order valence-electron chi connectivity index (χ4n) is 5.06. The Balaban J connectivity index is 1.35. The molecule has 0 aliphatic carbocycles. The summed E-state index contributed by atoms with van der Waals surface area (Å²) in [7, 11) is 1.65. The third kappa shape index (κ3) is 5.52. The summed E-state index contributed by atoms with van der Waals surface area (Å²) in [5.41, 5.74) is 4.99. The second-order valence-electron chi connectivity index (χ2n) is 9.57. The number of para-hydroxylation sites is 3. The Morgan fingerprint density at radius 2 is 1.55 bits per heavy atom. The predicted molar refractivity (Wildman–Crippen MR) is 157 cm³/mol. The second kappa shape index (κ2) is 12.0. The molecule has 8 heteroatoms. The summed E-state index contributed by atoms with van der Waals surface area (Å²) in [6, 6.07) is 27.0. The number of urea groups is 1. The zero-order valence-corrected chi connectivity index (χ0v) is 23.1. The van der Waals surface area contributed by atoms with Crippen LogP contribution in [0.2, 0.25) is 0 Å². The molecule has 1 aliphatic heterocycles. The van der Waals surface area contributed by atoms with Gasteiger partial charge in [0.2, 0.25) is 0 Å². The highest BCUT2D eigenvalue weighted by Crippen LogP contribution is 2.32. The molecule has 4 aromatic rings. The van der Waals surface area contributed by atoms with Gasteiger partial charge in [-0.05, 0) is 56.3 Å². The van der Waals surface area contributed by atoms with Gasteiger partial charge in [-0.25, -0.2) is 4.79 Å². The van der Waals surface area contributed by atoms with Crippen molar-refractivity contribution < 1.29 is 19.1 Å². The third-order valence-corrected chi connectivity index (χ3v) is 7.14. The van der Waals surface area contributed by atoms with Gasteiger partial charge >= 0.3 is 6.03 Å². The summed E-state index contributed by atoms with van der Waals surface area (Å²) in [5, 5.41) is 2.95. The largest absolute Gasteiger partial charge is 0.497 e. The van der Waals surface area contributed by atoms with E-state index >= 15 is 0 Å². The van der Waals surface area contributed by atoms with Crippen molar-refractivity contribution in [1.82, 2.24) is 14.4 Å². The first-order chi connectivity index (χ1) is 19.5. The predicted octanol–water partition coefficient (Wildman–Crippen LogP) is 5.85. The molecule has 1 aliphatic rings. The molecule has 0 atom stereocenters. The van der Waals surface area contributed by atoms with Crippen molar-refractivity contribution in [3.63, 3.8) is 0 Å². The molecule has 40 heavy (non-hydrogen) atoms. The van der Waals surface area contributed by atoms with E-state index in [0.717, 1.165) is 28.4 Å². The topological polar surface area (TPSA) is 76.0 Å². The van der Waals surface area contributed by atoms with Crippen molar-refractivity contribution in [3.05, 3.63) is 96.2 Å². The first kappa shape index (κ1) is 26.9. The van der Waals surface area contributed by atoms with Crippen molar-refractivity contribution >= 4 is 17.6 Å². The van der Waals surface area contributed by atoms with Crippen molar-refractivity contribution in [2.24, 2.45) is 0 Å². The summed E-state index contributed by atoms with van der Waals surface area (Å²) < 4.78 is 13.2. The highest BCUT2D eigenvalue weighted by atomic mass is 16.5. The van der Waals surface area contributed by atoms with Crippen LogP contribution >= 0.6 is 0 Å². The highest BCUT2D eigenvalue weighted by molar-refractivity contribution is 5.98. The molecule has 1 fully saturated rings. The van der Waals surface area contributed by atoms with Crippen LogP contribution in [0.15, 0.2) is 84.9 Å². The number of piperazine rings is 1. The van der Waals surface area contributed by atoms with E-state index in [2.05, 4.69) is 9.88 Å². The number of nitrogens with one attached hydrogen (secondary N) is 1. The van der Waals surface area contributed by atoms with Crippen LogP contribution in [0, 0.1) is 6.92 Å². The molecule has 3 aromatic carbocycles. The number of nitrogens with zero attached hydrogens (tertiary/aromatic N) is 3. The minimum absolute atomic E-state index is 0.0434. The Morgan fingerprint density at radius 3 is 2.27 bits per heavy atom. The number of anilines is 1. The zero-order valence-electron chi connectivity index (χ0n) is 23.1. The Labute approximate surface area is 234 Å². The van der Waals surface area contributed by atoms with E-state index in [9.17, 15) is 9.59 Å². The van der Waals surface area contributed by atoms with E-state index in [1.165, 1.54) is 0 Å². The maximum atomic E-state index is 13.8. The van der Waals surface area contributed by atoms with Gasteiger partial charge < -0.3 is 29.2 Å². The number of carbonyl (C=O) groups is 2. The van der Waals surface area contributed by atoms with Crippen molar-refractivity contribution in [2.45, 2.75) is 13.8 Å². The summed E-state index contributed by atoms with van der Waals surface area (Å²) in [6.07, 6.45) is 0. The highest BCUT2D eigenvalue weighted by Gasteiger charge is 2.28. The number of methoxy groups -OCH3 is 1. The lowest BCUT2D eigenvalue weighted by Gasteiger charge is -2.34. The molecular weight excluding hydrogens is 504 g/mol. The van der Waals surface area contributed by atoms with Crippen LogP contribution in [0.1, 0.15) is 23.0 Å². The molecule has 0 unspecified atom stereocenters. The molecule has 8 nitrogen and oxygen atoms in total. The summed E-state index contributed by atoms with van der Waals surface area (Å²) >= 11 is 0. The van der Waals surface area contributed by atoms with E-state index in [1.54, 1.807) is 12.0 Å². The number of hydrogen-bond acceptors (Lipinski definition) is 4. The maximum absolute atomic E-state index is 13.8. The SMILES string of the molecule is CCOc1ccccc1NC(=O)N1CCN(C(=O)c2cc(-c3cccc(OC)c3)n(-c3ccccc3)c2C)CC1. The van der Waals surface area contributed by atoms with E-state index < -0.39 is 0 Å². The van der Waals surface area contributed by atoms with Crippen LogP contribution in [0.3, 0.4) is 0 Å². The van der Waals surface area contributed by atoms with E-state index in [0.29, 0.717) is 49.8 Å². The first-order valence-electron chi connectivity index (χ1n) is 13.5. The van der Waals surface area contributed by atoms with Gasteiger partial charge in [-0.15, -0.1) is 0 Å². The lowest BCUT2D eigenvalue weighted by atomic mass is 10.1. The number of ether oxygens (including phenoxy) is 2. The van der Waals surface area contributed by atoms with Crippen LogP contribution in [0.5, 0.6) is 11.5 Å².